The average Bonchev–Trinajstić information content (AvgIpc) is 2.83. The number of ether oxygens (including phenoxy) is 1. The number of hydrogen-bond donors (Lipinski definition) is 1. The van der Waals surface area contributed by atoms with E-state index in [1.807, 2.05) is 18.2 Å². The molecule has 0 aromatic heterocycles. The van der Waals surface area contributed by atoms with Crippen LogP contribution in [0.2, 0.25) is 0 Å². The van der Waals surface area contributed by atoms with E-state index in [9.17, 15) is 4.79 Å². The van der Waals surface area contributed by atoms with Gasteiger partial charge in [0.05, 0.1) is 7.11 Å². The summed E-state index contributed by atoms with van der Waals surface area (Å²) in [6, 6.07) is 5.79. The topological polar surface area (TPSA) is 55.6 Å². The van der Waals surface area contributed by atoms with Gasteiger partial charge in [-0.05, 0) is 30.7 Å². The Labute approximate surface area is 121 Å². The second-order valence-electron chi connectivity index (χ2n) is 4.55. The Kier molecular flexibility index (Phi) is 4.61. The number of carbonyl (C=O) groups excluding carboxylic acids is 1. The van der Waals surface area contributed by atoms with Gasteiger partial charge in [-0.25, -0.2) is 0 Å². The van der Waals surface area contributed by atoms with Crippen molar-refractivity contribution in [3.05, 3.63) is 34.3 Å². The van der Waals surface area contributed by atoms with E-state index >= 15 is 0 Å². The van der Waals surface area contributed by atoms with Gasteiger partial charge in [0.2, 0.25) is 5.91 Å². The summed E-state index contributed by atoms with van der Waals surface area (Å²) in [6.45, 7) is 1.37. The van der Waals surface area contributed by atoms with Gasteiger partial charge >= 0.3 is 0 Å². The Morgan fingerprint density at radius 2 is 2.37 bits per heavy atom. The average molecular weight is 325 g/mol. The van der Waals surface area contributed by atoms with E-state index in [0.29, 0.717) is 6.54 Å². The molecule has 102 valence electrons. The molecule has 2 N–H and O–H groups in total. The molecule has 0 aliphatic carbocycles. The number of amides is 1. The molecule has 1 aromatic carbocycles. The summed E-state index contributed by atoms with van der Waals surface area (Å²) in [5.41, 5.74) is 6.66. The molecule has 19 heavy (non-hydrogen) atoms. The molecule has 1 aliphatic heterocycles. The molecule has 1 aliphatic rings. The fourth-order valence-corrected chi connectivity index (χ4v) is 2.47. The second kappa shape index (κ2) is 6.21. The quantitative estimate of drug-likeness (QED) is 0.865. The molecule has 0 spiro atoms. The molecule has 1 amide bonds. The summed E-state index contributed by atoms with van der Waals surface area (Å²) in [4.78, 5) is 13.7. The van der Waals surface area contributed by atoms with Gasteiger partial charge in [-0.2, -0.15) is 0 Å². The smallest absolute Gasteiger partial charge is 0.246 e. The predicted molar refractivity (Wildman–Crippen MR) is 78.9 cm³/mol. The first-order valence-electron chi connectivity index (χ1n) is 6.16. The van der Waals surface area contributed by atoms with E-state index in [-0.39, 0.29) is 11.9 Å². The van der Waals surface area contributed by atoms with Crippen molar-refractivity contribution in [3.8, 4) is 5.75 Å². The number of nitrogens with two attached hydrogens (primary N) is 1. The zero-order chi connectivity index (χ0) is 13.8. The molecule has 5 heteroatoms. The van der Waals surface area contributed by atoms with Crippen LogP contribution in [-0.2, 0) is 4.79 Å². The van der Waals surface area contributed by atoms with E-state index in [4.69, 9.17) is 10.5 Å². The van der Waals surface area contributed by atoms with Gasteiger partial charge in [-0.3, -0.25) is 4.79 Å². The van der Waals surface area contributed by atoms with Crippen LogP contribution in [-0.4, -0.2) is 37.0 Å². The van der Waals surface area contributed by atoms with Crippen LogP contribution in [0.3, 0.4) is 0 Å². The first-order chi connectivity index (χ1) is 9.10. The minimum Gasteiger partial charge on any atom is -0.496 e. The van der Waals surface area contributed by atoms with E-state index in [1.165, 1.54) is 0 Å². The maximum atomic E-state index is 12.0. The summed E-state index contributed by atoms with van der Waals surface area (Å²) in [7, 11) is 1.61. The highest BCUT2D eigenvalue weighted by atomic mass is 79.9. The standard InChI is InChI=1S/C14H17BrN2O2/c1-19-13-4-3-11(15)8-10(13)2-5-14(18)17-7-6-12(16)9-17/h2-5,8,12H,6-7,9,16H2,1H3/t12-/m1/s1. The number of hydrogen-bond acceptors (Lipinski definition) is 3. The van der Waals surface area contributed by atoms with Gasteiger partial charge in [-0.15, -0.1) is 0 Å². The number of carbonyl (C=O) groups is 1. The van der Waals surface area contributed by atoms with Crippen molar-refractivity contribution in [2.75, 3.05) is 20.2 Å². The van der Waals surface area contributed by atoms with Crippen molar-refractivity contribution in [2.24, 2.45) is 5.73 Å². The summed E-state index contributed by atoms with van der Waals surface area (Å²) < 4.78 is 6.21. The zero-order valence-electron chi connectivity index (χ0n) is 10.8. The van der Waals surface area contributed by atoms with Crippen LogP contribution in [0, 0.1) is 0 Å². The SMILES string of the molecule is COc1ccc(Br)cc1C=CC(=O)N1CC[C@@H](N)C1. The minimum atomic E-state index is -0.00465. The number of methoxy groups -OCH3 is 1. The maximum absolute atomic E-state index is 12.0. The summed E-state index contributed by atoms with van der Waals surface area (Å²) in [5, 5.41) is 0. The van der Waals surface area contributed by atoms with Crippen molar-refractivity contribution in [1.82, 2.24) is 4.90 Å². The number of rotatable bonds is 3. The maximum Gasteiger partial charge on any atom is 0.246 e. The normalized spacial score (nSPS) is 19.1. The molecule has 1 fully saturated rings. The number of halogens is 1. The first-order valence-corrected chi connectivity index (χ1v) is 6.95. The summed E-state index contributed by atoms with van der Waals surface area (Å²) in [5.74, 6) is 0.736. The third-order valence-corrected chi connectivity index (χ3v) is 3.63. The van der Waals surface area contributed by atoms with Crippen LogP contribution < -0.4 is 10.5 Å². The Hall–Kier alpha value is -1.33. The molecule has 2 rings (SSSR count). The lowest BCUT2D eigenvalue weighted by atomic mass is 10.2. The van der Waals surface area contributed by atoms with Crippen LogP contribution in [0.25, 0.3) is 6.08 Å². The van der Waals surface area contributed by atoms with Crippen molar-refractivity contribution in [2.45, 2.75) is 12.5 Å². The van der Waals surface area contributed by atoms with Crippen molar-refractivity contribution >= 4 is 27.9 Å². The van der Waals surface area contributed by atoms with Gasteiger partial charge in [0.15, 0.2) is 0 Å². The van der Waals surface area contributed by atoms with E-state index in [2.05, 4.69) is 15.9 Å². The first kappa shape index (κ1) is 14.1. The molecule has 0 bridgehead atoms. The summed E-state index contributed by atoms with van der Waals surface area (Å²) in [6.07, 6.45) is 4.22. The molecule has 0 unspecified atom stereocenters. The molecule has 1 aromatic rings. The Balaban J connectivity index is 2.09. The second-order valence-corrected chi connectivity index (χ2v) is 5.47. The van der Waals surface area contributed by atoms with Gasteiger partial charge in [0.1, 0.15) is 5.75 Å². The molecular weight excluding hydrogens is 308 g/mol. The minimum absolute atomic E-state index is 0.00465. The number of nitrogens with zero attached hydrogens (tertiary/aromatic N) is 1. The van der Waals surface area contributed by atoms with E-state index in [1.54, 1.807) is 24.2 Å². The molecule has 0 radical (unpaired) electrons. The van der Waals surface area contributed by atoms with Crippen LogP contribution >= 0.6 is 15.9 Å². The fraction of sp³-hybridized carbons (Fsp3) is 0.357. The van der Waals surface area contributed by atoms with Gasteiger partial charge in [0.25, 0.3) is 0 Å². The number of likely N-dealkylation sites (tertiary alicyclic amines) is 1. The van der Waals surface area contributed by atoms with Crippen molar-refractivity contribution < 1.29 is 9.53 Å². The molecule has 4 nitrogen and oxygen atoms in total. The van der Waals surface area contributed by atoms with Gasteiger partial charge in [0, 0.05) is 35.2 Å². The highest BCUT2D eigenvalue weighted by molar-refractivity contribution is 9.10. The third kappa shape index (κ3) is 3.58. The largest absolute Gasteiger partial charge is 0.496 e. The monoisotopic (exact) mass is 324 g/mol. The highest BCUT2D eigenvalue weighted by Gasteiger charge is 2.21. The van der Waals surface area contributed by atoms with Crippen molar-refractivity contribution in [1.29, 1.82) is 0 Å². The Morgan fingerprint density at radius 1 is 1.58 bits per heavy atom. The van der Waals surface area contributed by atoms with Crippen LogP contribution in [0.15, 0.2) is 28.7 Å². The summed E-state index contributed by atoms with van der Waals surface area (Å²) >= 11 is 3.41. The molecule has 1 saturated heterocycles. The Morgan fingerprint density at radius 3 is 3.00 bits per heavy atom. The molecule has 1 heterocycles. The lowest BCUT2D eigenvalue weighted by molar-refractivity contribution is -0.124. The number of benzene rings is 1. The highest BCUT2D eigenvalue weighted by Crippen LogP contribution is 2.24. The van der Waals surface area contributed by atoms with E-state index in [0.717, 1.165) is 28.8 Å². The third-order valence-electron chi connectivity index (χ3n) is 3.13. The van der Waals surface area contributed by atoms with Gasteiger partial charge < -0.3 is 15.4 Å². The Bertz CT molecular complexity index is 502. The van der Waals surface area contributed by atoms with Crippen LogP contribution in [0.5, 0.6) is 5.75 Å². The van der Waals surface area contributed by atoms with Crippen LogP contribution in [0.1, 0.15) is 12.0 Å². The molecule has 1 atom stereocenters. The zero-order valence-corrected chi connectivity index (χ0v) is 12.4. The lowest BCUT2D eigenvalue weighted by Crippen LogP contribution is -2.30. The van der Waals surface area contributed by atoms with Crippen LogP contribution in [0.4, 0.5) is 0 Å². The fourth-order valence-electron chi connectivity index (χ4n) is 2.09. The molecular formula is C14H17BrN2O2. The molecule has 0 saturated carbocycles. The van der Waals surface area contributed by atoms with E-state index < -0.39 is 0 Å². The van der Waals surface area contributed by atoms with Gasteiger partial charge in [-0.1, -0.05) is 15.9 Å². The predicted octanol–water partition coefficient (Wildman–Crippen LogP) is 2.03. The van der Waals surface area contributed by atoms with Crippen molar-refractivity contribution in [3.63, 3.8) is 0 Å². The lowest BCUT2D eigenvalue weighted by Gasteiger charge is -2.12.